The summed E-state index contributed by atoms with van der Waals surface area (Å²) in [5, 5.41) is 31.6. The van der Waals surface area contributed by atoms with Crippen LogP contribution < -0.4 is 10.7 Å². The Bertz CT molecular complexity index is 5770. The summed E-state index contributed by atoms with van der Waals surface area (Å²) in [6.07, 6.45) is 20.1. The van der Waals surface area contributed by atoms with Crippen molar-refractivity contribution in [1.82, 2.24) is 29.1 Å². The molecule has 14 aromatic rings. The highest BCUT2D eigenvalue weighted by Crippen LogP contribution is 2.46. The SMILES string of the molecule is N#Cc1cc(-c2ccc(-n3c4cc(-c5cccnc5-c5ccccc5)ccc4c4ccc(-c5cccnc5-c5ccccc5)cc43)c(C#N)c2-n2c3cc(=c4cccnc4=C4C=CC=CC4)ccc3c3ccc(=c4cccnc4=C4C=CC=CC4)cc32)cc(C(F)(F)F)c1. The molecule has 0 spiro atoms. The molecule has 16 rings (SSSR count). The van der Waals surface area contributed by atoms with Crippen molar-refractivity contribution in [2.45, 2.75) is 19.0 Å². The highest BCUT2D eigenvalue weighted by atomic mass is 19.4. The number of allylic oxidation sites excluding steroid dienone is 8. The summed E-state index contributed by atoms with van der Waals surface area (Å²) >= 11 is 0. The Morgan fingerprint density at radius 2 is 0.883 bits per heavy atom. The van der Waals surface area contributed by atoms with Gasteiger partial charge in [-0.3, -0.25) is 19.9 Å². The van der Waals surface area contributed by atoms with E-state index in [-0.39, 0.29) is 16.7 Å². The molecular formula is C83H51F3N8. The van der Waals surface area contributed by atoms with Gasteiger partial charge in [0.15, 0.2) is 0 Å². The van der Waals surface area contributed by atoms with Gasteiger partial charge in [0.2, 0.25) is 0 Å². The van der Waals surface area contributed by atoms with E-state index in [0.29, 0.717) is 40.8 Å². The van der Waals surface area contributed by atoms with Gasteiger partial charge in [0.25, 0.3) is 0 Å². The predicted octanol–water partition coefficient (Wildman–Crippen LogP) is 18.5. The van der Waals surface area contributed by atoms with Gasteiger partial charge in [0.1, 0.15) is 11.6 Å². The molecule has 11 heteroatoms. The van der Waals surface area contributed by atoms with Gasteiger partial charge in [-0.1, -0.05) is 188 Å². The Balaban J connectivity index is 1.09. The Morgan fingerprint density at radius 1 is 0.394 bits per heavy atom. The molecule has 0 atom stereocenters. The first kappa shape index (κ1) is 56.6. The van der Waals surface area contributed by atoms with Gasteiger partial charge in [-0.15, -0.1) is 0 Å². The second kappa shape index (κ2) is 23.3. The van der Waals surface area contributed by atoms with Crippen molar-refractivity contribution in [3.63, 3.8) is 0 Å². The topological polar surface area (TPSA) is 109 Å². The number of halogens is 3. The summed E-state index contributed by atoms with van der Waals surface area (Å²) in [5.74, 6) is 0. The van der Waals surface area contributed by atoms with Gasteiger partial charge in [0.05, 0.1) is 72.7 Å². The molecule has 2 aliphatic rings. The first-order valence-electron chi connectivity index (χ1n) is 30.9. The zero-order valence-electron chi connectivity index (χ0n) is 50.3. The molecule has 0 saturated carbocycles. The molecule has 0 bridgehead atoms. The Morgan fingerprint density at radius 3 is 1.36 bits per heavy atom. The normalized spacial score (nSPS) is 14.9. The second-order valence-electron chi connectivity index (χ2n) is 23.3. The molecule has 8 aromatic carbocycles. The van der Waals surface area contributed by atoms with Crippen LogP contribution in [0.4, 0.5) is 13.2 Å². The fourth-order valence-electron chi connectivity index (χ4n) is 13.7. The monoisotopic (exact) mass is 1220 g/mol. The van der Waals surface area contributed by atoms with E-state index in [9.17, 15) is 10.5 Å². The molecule has 0 aliphatic heterocycles. The van der Waals surface area contributed by atoms with E-state index in [2.05, 4.69) is 137 Å². The number of nitrogens with zero attached hydrogens (tertiary/aromatic N) is 8. The smallest absolute Gasteiger partial charge is 0.308 e. The Labute approximate surface area is 537 Å². The lowest BCUT2D eigenvalue weighted by Crippen LogP contribution is -2.13. The van der Waals surface area contributed by atoms with E-state index >= 15 is 13.2 Å². The molecule has 0 amide bonds. The summed E-state index contributed by atoms with van der Waals surface area (Å²) < 4.78 is 50.3. The van der Waals surface area contributed by atoms with Crippen LogP contribution >= 0.6 is 0 Å². The lowest BCUT2D eigenvalue weighted by atomic mass is 9.95. The lowest BCUT2D eigenvalue weighted by molar-refractivity contribution is -0.137. The average Bonchev–Trinajstić information content (AvgIpc) is 1.66. The van der Waals surface area contributed by atoms with E-state index < -0.39 is 11.7 Å². The molecule has 0 saturated heterocycles. The molecule has 0 fully saturated rings. The number of fused-ring (bicyclic) bond motifs is 6. The third-order valence-electron chi connectivity index (χ3n) is 17.9. The molecule has 0 N–H and O–H groups in total. The number of hydrogen-bond donors (Lipinski definition) is 0. The maximum Gasteiger partial charge on any atom is 0.416 e. The summed E-state index contributed by atoms with van der Waals surface area (Å²) in [5.41, 5.74) is 12.0. The van der Waals surface area contributed by atoms with E-state index in [4.69, 9.17) is 19.9 Å². The van der Waals surface area contributed by atoms with Crippen LogP contribution in [0.2, 0.25) is 0 Å². The van der Waals surface area contributed by atoms with Crippen LogP contribution in [-0.2, 0) is 6.18 Å². The summed E-state index contributed by atoms with van der Waals surface area (Å²) in [6, 6.07) is 73.1. The van der Waals surface area contributed by atoms with Crippen molar-refractivity contribution in [3.05, 3.63) is 334 Å². The fraction of sp³-hybridized carbons (Fsp3) is 0.0361. The van der Waals surface area contributed by atoms with Crippen LogP contribution in [0.5, 0.6) is 0 Å². The molecule has 2 aliphatic carbocycles. The zero-order valence-corrected chi connectivity index (χ0v) is 50.3. The molecule has 444 valence electrons. The third kappa shape index (κ3) is 9.88. The average molecular weight is 1220 g/mol. The summed E-state index contributed by atoms with van der Waals surface area (Å²) in [7, 11) is 0. The van der Waals surface area contributed by atoms with Gasteiger partial charge in [-0.05, 0) is 124 Å². The fourth-order valence-corrected chi connectivity index (χ4v) is 13.7. The van der Waals surface area contributed by atoms with Crippen molar-refractivity contribution in [2.75, 3.05) is 0 Å². The number of nitriles is 2. The van der Waals surface area contributed by atoms with Gasteiger partial charge in [-0.25, -0.2) is 0 Å². The van der Waals surface area contributed by atoms with Crippen molar-refractivity contribution in [3.8, 4) is 79.4 Å². The lowest BCUT2D eigenvalue weighted by Gasteiger charge is -2.21. The third-order valence-corrected chi connectivity index (χ3v) is 17.9. The Hall–Kier alpha value is -12.6. The van der Waals surface area contributed by atoms with Crippen LogP contribution in [0.3, 0.4) is 0 Å². The van der Waals surface area contributed by atoms with Crippen LogP contribution in [0.15, 0.2) is 286 Å². The predicted molar refractivity (Wildman–Crippen MR) is 368 cm³/mol. The van der Waals surface area contributed by atoms with Crippen molar-refractivity contribution >= 4 is 54.8 Å². The maximum atomic E-state index is 15.4. The molecule has 0 radical (unpaired) electrons. The zero-order chi connectivity index (χ0) is 63.4. The molecular weight excluding hydrogens is 1170 g/mol. The second-order valence-corrected chi connectivity index (χ2v) is 23.3. The van der Waals surface area contributed by atoms with Crippen LogP contribution in [-0.4, -0.2) is 29.1 Å². The highest BCUT2D eigenvalue weighted by Gasteiger charge is 2.33. The van der Waals surface area contributed by atoms with Gasteiger partial charge in [-0.2, -0.15) is 23.7 Å². The van der Waals surface area contributed by atoms with Crippen molar-refractivity contribution in [2.24, 2.45) is 0 Å². The van der Waals surface area contributed by atoms with Crippen LogP contribution in [0.1, 0.15) is 29.5 Å². The number of pyridine rings is 4. The highest BCUT2D eigenvalue weighted by molar-refractivity contribution is 6.13. The minimum atomic E-state index is -4.83. The van der Waals surface area contributed by atoms with E-state index in [1.54, 1.807) is 30.9 Å². The molecule has 94 heavy (non-hydrogen) atoms. The quantitative estimate of drug-likeness (QED) is 0.157. The van der Waals surface area contributed by atoms with Gasteiger partial charge < -0.3 is 9.13 Å². The van der Waals surface area contributed by atoms with Crippen molar-refractivity contribution in [1.29, 1.82) is 10.5 Å². The number of alkyl halides is 3. The first-order valence-corrected chi connectivity index (χ1v) is 30.9. The standard InChI is InChI=1S/C83H51F3N8/c84-83(85,86)62-44-52(50-87)43-61(45-62)67-37-38-73(93-74-46-57(63-25-13-39-89-78(63)53-17-5-1-6-18-53)29-33-68(74)69-34-30-58(47-75(69)93)64-26-14-40-90-79(64)54-19-7-2-8-20-54)72(51-88)82(67)94-76-48-59(65-27-15-41-91-80(65)55-21-9-3-10-22-55)31-35-70(76)71-36-32-60(49-77(71)94)66-28-16-42-92-81(66)56-23-11-4-12-24-56/h1-21,23,25-49H,22,24H2. The van der Waals surface area contributed by atoms with E-state index in [1.165, 1.54) is 6.07 Å². The first-order chi connectivity index (χ1) is 46.2. The summed E-state index contributed by atoms with van der Waals surface area (Å²) in [6.45, 7) is 0. The molecule has 6 heterocycles. The molecule has 0 unspecified atom stereocenters. The van der Waals surface area contributed by atoms with E-state index in [0.717, 1.165) is 132 Å². The minimum Gasteiger partial charge on any atom is -0.308 e. The van der Waals surface area contributed by atoms with Gasteiger partial charge >= 0.3 is 6.18 Å². The summed E-state index contributed by atoms with van der Waals surface area (Å²) in [4.78, 5) is 19.8. The molecule has 8 nitrogen and oxygen atoms in total. The van der Waals surface area contributed by atoms with Crippen molar-refractivity contribution < 1.29 is 13.2 Å². The number of benzene rings is 8. The number of hydrogen-bond acceptors (Lipinski definition) is 6. The Kier molecular flexibility index (Phi) is 14.1. The number of aromatic nitrogens is 6. The molecule has 6 aromatic heterocycles. The van der Waals surface area contributed by atoms with Gasteiger partial charge in [0, 0.05) is 84.6 Å². The van der Waals surface area contributed by atoms with Crippen LogP contribution in [0.25, 0.3) is 122 Å². The minimum absolute atomic E-state index is 0.0970. The number of rotatable bonds is 7. The maximum absolute atomic E-state index is 15.4. The van der Waals surface area contributed by atoms with E-state index in [1.807, 2.05) is 121 Å². The largest absolute Gasteiger partial charge is 0.416 e. The van der Waals surface area contributed by atoms with Crippen LogP contribution in [0, 0.1) is 43.5 Å².